The number of hydrogen-bond donors (Lipinski definition) is 1. The van der Waals surface area contributed by atoms with Gasteiger partial charge >= 0.3 is 0 Å². The Morgan fingerprint density at radius 2 is 1.94 bits per heavy atom. The van der Waals surface area contributed by atoms with E-state index in [4.69, 9.17) is 0 Å². The summed E-state index contributed by atoms with van der Waals surface area (Å²) < 4.78 is 0. The van der Waals surface area contributed by atoms with Crippen molar-refractivity contribution in [1.82, 2.24) is 4.90 Å². The Kier molecular flexibility index (Phi) is 4.26. The molecule has 2 fully saturated rings. The lowest BCUT2D eigenvalue weighted by atomic mass is 9.74. The number of unbranched alkanes of at least 4 members (excludes halogenated alkanes) is 2. The minimum absolute atomic E-state index is 0.372. The Balaban J connectivity index is 1.86. The number of rotatable bonds is 5. The monoisotopic (exact) mass is 237 g/mol. The van der Waals surface area contributed by atoms with Gasteiger partial charge in [0.2, 0.25) is 0 Å². The first kappa shape index (κ1) is 13.1. The van der Waals surface area contributed by atoms with E-state index in [1.54, 1.807) is 0 Å². The van der Waals surface area contributed by atoms with Gasteiger partial charge in [-0.3, -0.25) is 0 Å². The van der Waals surface area contributed by atoms with Gasteiger partial charge in [0.25, 0.3) is 0 Å². The van der Waals surface area contributed by atoms with Crippen LogP contribution in [0.25, 0.3) is 0 Å². The zero-order valence-electron chi connectivity index (χ0n) is 11.2. The van der Waals surface area contributed by atoms with Crippen molar-refractivity contribution in [1.29, 1.82) is 0 Å². The van der Waals surface area contributed by atoms with Crippen LogP contribution < -0.4 is 0 Å². The zero-order valence-corrected chi connectivity index (χ0v) is 11.2. The van der Waals surface area contributed by atoms with Gasteiger partial charge in [-0.05, 0) is 52.0 Å². The van der Waals surface area contributed by atoms with E-state index < -0.39 is 0 Å². The molecule has 2 aliphatic rings. The number of nitrogens with zero attached hydrogens (tertiary/aromatic N) is 1. The van der Waals surface area contributed by atoms with Crippen LogP contribution in [-0.2, 0) is 0 Å². The van der Waals surface area contributed by atoms with Crippen molar-refractivity contribution in [3.05, 3.63) is 12.7 Å². The van der Waals surface area contributed by atoms with Crippen LogP contribution in [0.15, 0.2) is 12.7 Å². The molecule has 98 valence electrons. The molecule has 0 aromatic rings. The quantitative estimate of drug-likeness (QED) is 0.586. The van der Waals surface area contributed by atoms with Gasteiger partial charge in [-0.1, -0.05) is 18.9 Å². The highest BCUT2D eigenvalue weighted by molar-refractivity contribution is 4.98. The van der Waals surface area contributed by atoms with Crippen molar-refractivity contribution in [2.24, 2.45) is 0 Å². The van der Waals surface area contributed by atoms with E-state index in [1.807, 2.05) is 6.08 Å². The van der Waals surface area contributed by atoms with Gasteiger partial charge in [0.15, 0.2) is 0 Å². The average molecular weight is 237 g/mol. The largest absolute Gasteiger partial charge is 0.390 e. The summed E-state index contributed by atoms with van der Waals surface area (Å²) in [6.07, 6.45) is 12.3. The minimum atomic E-state index is -0.372. The lowest BCUT2D eigenvalue weighted by Gasteiger charge is -2.50. The van der Waals surface area contributed by atoms with Gasteiger partial charge in [0, 0.05) is 12.1 Å². The Labute approximate surface area is 106 Å². The first-order valence-electron chi connectivity index (χ1n) is 7.20. The fraction of sp³-hybridized carbons (Fsp3) is 0.867. The standard InChI is InChI=1S/C15H27NO/c1-3-4-5-6-10-15(17)11-13-8-7-9-14(12-15)16(13)2/h3,13-14,17H,1,4-12H2,2H3. The summed E-state index contributed by atoms with van der Waals surface area (Å²) in [5.74, 6) is 0. The third kappa shape index (κ3) is 3.11. The number of piperidine rings is 2. The first-order chi connectivity index (χ1) is 8.14. The van der Waals surface area contributed by atoms with E-state index in [0.717, 1.165) is 32.1 Å². The molecular formula is C15H27NO. The number of allylic oxidation sites excluding steroid dienone is 1. The van der Waals surface area contributed by atoms with Crippen molar-refractivity contribution in [2.75, 3.05) is 7.05 Å². The van der Waals surface area contributed by atoms with Crippen molar-refractivity contribution in [2.45, 2.75) is 75.5 Å². The highest BCUT2D eigenvalue weighted by Crippen LogP contribution is 2.40. The molecule has 2 nitrogen and oxygen atoms in total. The lowest BCUT2D eigenvalue weighted by Crippen LogP contribution is -2.56. The second-order valence-electron chi connectivity index (χ2n) is 6.07. The van der Waals surface area contributed by atoms with Gasteiger partial charge in [0.1, 0.15) is 0 Å². The normalized spacial score (nSPS) is 38.0. The molecule has 0 radical (unpaired) electrons. The maximum Gasteiger partial charge on any atom is 0.0677 e. The molecule has 2 saturated heterocycles. The van der Waals surface area contributed by atoms with Crippen LogP contribution in [0, 0.1) is 0 Å². The smallest absolute Gasteiger partial charge is 0.0677 e. The summed E-state index contributed by atoms with van der Waals surface area (Å²) in [5.41, 5.74) is -0.372. The van der Waals surface area contributed by atoms with Gasteiger partial charge in [-0.25, -0.2) is 0 Å². The van der Waals surface area contributed by atoms with Crippen LogP contribution in [-0.4, -0.2) is 34.7 Å². The molecule has 2 heterocycles. The van der Waals surface area contributed by atoms with E-state index in [1.165, 1.54) is 25.7 Å². The van der Waals surface area contributed by atoms with Crippen molar-refractivity contribution in [3.8, 4) is 0 Å². The third-order valence-electron chi connectivity index (χ3n) is 4.76. The van der Waals surface area contributed by atoms with E-state index >= 15 is 0 Å². The van der Waals surface area contributed by atoms with Crippen molar-refractivity contribution < 1.29 is 5.11 Å². The molecule has 2 atom stereocenters. The van der Waals surface area contributed by atoms with Gasteiger partial charge in [-0.15, -0.1) is 6.58 Å². The van der Waals surface area contributed by atoms with Gasteiger partial charge < -0.3 is 10.0 Å². The predicted octanol–water partition coefficient (Wildman–Crippen LogP) is 3.11. The molecule has 0 aromatic carbocycles. The second kappa shape index (κ2) is 5.53. The van der Waals surface area contributed by atoms with E-state index in [2.05, 4.69) is 18.5 Å². The molecule has 2 aliphatic heterocycles. The van der Waals surface area contributed by atoms with Gasteiger partial charge in [0.05, 0.1) is 5.60 Å². The third-order valence-corrected chi connectivity index (χ3v) is 4.76. The lowest BCUT2D eigenvalue weighted by molar-refractivity contribution is -0.0878. The summed E-state index contributed by atoms with van der Waals surface area (Å²) in [5, 5.41) is 10.7. The fourth-order valence-corrected chi connectivity index (χ4v) is 3.69. The highest BCUT2D eigenvalue weighted by atomic mass is 16.3. The van der Waals surface area contributed by atoms with Crippen molar-refractivity contribution in [3.63, 3.8) is 0 Å². The van der Waals surface area contributed by atoms with Crippen LogP contribution in [0.1, 0.15) is 57.8 Å². The maximum atomic E-state index is 10.7. The zero-order chi connectivity index (χ0) is 12.3. The summed E-state index contributed by atoms with van der Waals surface area (Å²) in [6.45, 7) is 3.75. The van der Waals surface area contributed by atoms with E-state index in [0.29, 0.717) is 12.1 Å². The molecular weight excluding hydrogens is 210 g/mol. The SMILES string of the molecule is C=CCCCCC1(O)CC2CCCC(C1)N2C. The Morgan fingerprint density at radius 1 is 1.29 bits per heavy atom. The summed E-state index contributed by atoms with van der Waals surface area (Å²) >= 11 is 0. The Morgan fingerprint density at radius 3 is 2.53 bits per heavy atom. The molecule has 0 saturated carbocycles. The molecule has 17 heavy (non-hydrogen) atoms. The van der Waals surface area contributed by atoms with Crippen LogP contribution in [0.4, 0.5) is 0 Å². The molecule has 2 heteroatoms. The summed E-state index contributed by atoms with van der Waals surface area (Å²) in [7, 11) is 2.24. The average Bonchev–Trinajstić information content (AvgIpc) is 2.27. The molecule has 0 spiro atoms. The summed E-state index contributed by atoms with van der Waals surface area (Å²) in [6, 6.07) is 1.26. The number of hydrogen-bond acceptors (Lipinski definition) is 2. The Hall–Kier alpha value is -0.340. The fourth-order valence-electron chi connectivity index (χ4n) is 3.69. The molecule has 2 unspecified atom stereocenters. The predicted molar refractivity (Wildman–Crippen MR) is 72.0 cm³/mol. The molecule has 0 amide bonds. The van der Waals surface area contributed by atoms with Crippen LogP contribution >= 0.6 is 0 Å². The van der Waals surface area contributed by atoms with Crippen LogP contribution in [0.2, 0.25) is 0 Å². The molecule has 0 aromatic heterocycles. The molecule has 1 N–H and O–H groups in total. The minimum Gasteiger partial charge on any atom is -0.390 e. The second-order valence-corrected chi connectivity index (χ2v) is 6.07. The molecule has 2 rings (SSSR count). The number of aliphatic hydroxyl groups is 1. The highest BCUT2D eigenvalue weighted by Gasteiger charge is 2.43. The Bertz CT molecular complexity index is 250. The topological polar surface area (TPSA) is 23.5 Å². The van der Waals surface area contributed by atoms with E-state index in [9.17, 15) is 5.11 Å². The van der Waals surface area contributed by atoms with Crippen molar-refractivity contribution >= 4 is 0 Å². The summed E-state index contributed by atoms with van der Waals surface area (Å²) in [4.78, 5) is 2.52. The molecule has 2 bridgehead atoms. The van der Waals surface area contributed by atoms with Crippen LogP contribution in [0.5, 0.6) is 0 Å². The van der Waals surface area contributed by atoms with Crippen LogP contribution in [0.3, 0.4) is 0 Å². The first-order valence-corrected chi connectivity index (χ1v) is 7.20. The molecule has 0 aliphatic carbocycles. The van der Waals surface area contributed by atoms with Gasteiger partial charge in [-0.2, -0.15) is 0 Å². The van der Waals surface area contributed by atoms with E-state index in [-0.39, 0.29) is 5.60 Å². The maximum absolute atomic E-state index is 10.7. The number of fused-ring (bicyclic) bond motifs is 2.